The molecule has 7 atom stereocenters. The van der Waals surface area contributed by atoms with E-state index in [9.17, 15) is 19.2 Å². The van der Waals surface area contributed by atoms with E-state index in [1.807, 2.05) is 60.7 Å². The first-order valence-electron chi connectivity index (χ1n) is 17.0. The molecule has 3 aliphatic carbocycles. The maximum absolute atomic E-state index is 14.0. The number of nitrogens with one attached hydrogen (secondary N) is 4. The van der Waals surface area contributed by atoms with Crippen molar-refractivity contribution in [1.29, 1.82) is 0 Å². The quantitative estimate of drug-likeness (QED) is 0.242. The minimum atomic E-state index is -1.04. The number of amides is 4. The zero-order chi connectivity index (χ0) is 34.6. The zero-order valence-electron chi connectivity index (χ0n) is 28.8. The molecule has 48 heavy (non-hydrogen) atoms. The van der Waals surface area contributed by atoms with Gasteiger partial charge in [-0.25, -0.2) is 4.79 Å². The number of methoxy groups -OCH3 is 1. The van der Waals surface area contributed by atoms with E-state index in [4.69, 9.17) is 14.0 Å². The summed E-state index contributed by atoms with van der Waals surface area (Å²) in [5, 5.41) is 11.2. The van der Waals surface area contributed by atoms with Crippen LogP contribution in [0.25, 0.3) is 0 Å². The van der Waals surface area contributed by atoms with Crippen LogP contribution in [0.1, 0.15) is 58.6 Å². The molecule has 1 saturated heterocycles. The first-order chi connectivity index (χ1) is 22.8. The van der Waals surface area contributed by atoms with Crippen LogP contribution in [-0.2, 0) is 41.3 Å². The minimum Gasteiger partial charge on any atom is -0.453 e. The van der Waals surface area contributed by atoms with Crippen molar-refractivity contribution in [3.8, 4) is 0 Å². The fraction of sp³-hybridized carbons (Fsp3) is 0.556. The lowest BCUT2D eigenvalue weighted by molar-refractivity contribution is -0.199. The maximum atomic E-state index is 14.0. The number of carbonyl (C=O) groups is 4. The molecule has 4 amide bonds. The highest BCUT2D eigenvalue weighted by Gasteiger charge is 2.67. The number of rotatable bonds is 13. The van der Waals surface area contributed by atoms with Crippen molar-refractivity contribution < 1.29 is 33.2 Å². The van der Waals surface area contributed by atoms with Gasteiger partial charge in [-0.3, -0.25) is 14.4 Å². The Kier molecular flexibility index (Phi) is 10.8. The number of carbonyl (C=O) groups excluding carboxylic acids is 4. The molecule has 2 bridgehead atoms. The van der Waals surface area contributed by atoms with E-state index in [0.29, 0.717) is 11.8 Å². The smallest absolute Gasteiger partial charge is 0.453 e. The normalized spacial score (nSPS) is 25.5. The lowest BCUT2D eigenvalue weighted by Gasteiger charge is -2.64. The molecule has 2 aromatic carbocycles. The van der Waals surface area contributed by atoms with Crippen LogP contribution in [0, 0.1) is 23.2 Å². The molecule has 3 saturated carbocycles. The summed E-state index contributed by atoms with van der Waals surface area (Å²) in [6, 6.07) is 15.8. The van der Waals surface area contributed by atoms with Gasteiger partial charge in [-0.05, 0) is 54.1 Å². The van der Waals surface area contributed by atoms with Crippen LogP contribution < -0.4 is 21.3 Å². The largest absolute Gasteiger partial charge is 0.478 e. The van der Waals surface area contributed by atoms with E-state index < -0.39 is 48.8 Å². The Bertz CT molecular complexity index is 1460. The van der Waals surface area contributed by atoms with Crippen LogP contribution in [0.4, 0.5) is 4.79 Å². The van der Waals surface area contributed by atoms with Crippen molar-refractivity contribution in [3.05, 3.63) is 71.8 Å². The third-order valence-corrected chi connectivity index (χ3v) is 10.7. The number of alkyl carbamates (subject to hydrolysis) is 1. The lowest BCUT2D eigenvalue weighted by Crippen LogP contribution is -2.65. The third-order valence-electron chi connectivity index (χ3n) is 10.7. The molecule has 4 aliphatic rings. The average Bonchev–Trinajstić information content (AvgIpc) is 3.42. The molecule has 0 aromatic heterocycles. The molecule has 258 valence electrons. The highest BCUT2D eigenvalue weighted by molar-refractivity contribution is 6.46. The molecular formula is C36H49BN4O7. The standard InChI is InChI=1S/C36H49BN4O7/c1-22(2)30(41-34(45)46-6)33(44)40-27(18-24-15-11-8-12-16-24)32(43)39-26(17-23-13-9-7-10-14-23)31(42)38-21-37-47-29-20-25-19-28(35(25,3)4)36(29,5)48-37/h7-16,22,25-30H,17-21H2,1-6H3,(H,38,42)(H,39,43)(H,40,44)(H,41,45)/t25-,26-,27-,28-,29+,30-,36-/m0/s1. The van der Waals surface area contributed by atoms with E-state index in [2.05, 4.69) is 42.0 Å². The van der Waals surface area contributed by atoms with Crippen molar-refractivity contribution in [2.45, 2.75) is 90.1 Å². The Morgan fingerprint density at radius 3 is 1.94 bits per heavy atom. The second-order valence-electron chi connectivity index (χ2n) is 14.5. The van der Waals surface area contributed by atoms with Crippen LogP contribution in [0.5, 0.6) is 0 Å². The summed E-state index contributed by atoms with van der Waals surface area (Å²) in [6.45, 7) is 10.3. The fourth-order valence-corrected chi connectivity index (χ4v) is 7.72. The van der Waals surface area contributed by atoms with Gasteiger partial charge in [0.15, 0.2) is 0 Å². The zero-order valence-corrected chi connectivity index (χ0v) is 28.8. The molecule has 0 spiro atoms. The van der Waals surface area contributed by atoms with Crippen LogP contribution >= 0.6 is 0 Å². The molecule has 6 rings (SSSR count). The maximum Gasteiger partial charge on any atom is 0.478 e. The van der Waals surface area contributed by atoms with E-state index in [0.717, 1.165) is 24.0 Å². The number of ether oxygens (including phenoxy) is 1. The Morgan fingerprint density at radius 2 is 1.40 bits per heavy atom. The van der Waals surface area contributed by atoms with Crippen molar-refractivity contribution in [2.75, 3.05) is 13.6 Å². The van der Waals surface area contributed by atoms with Gasteiger partial charge in [0.2, 0.25) is 17.7 Å². The third kappa shape index (κ3) is 7.70. The monoisotopic (exact) mass is 660 g/mol. The van der Waals surface area contributed by atoms with Gasteiger partial charge in [-0.15, -0.1) is 0 Å². The summed E-state index contributed by atoms with van der Waals surface area (Å²) >= 11 is 0. The van der Waals surface area contributed by atoms with Crippen molar-refractivity contribution >= 4 is 30.9 Å². The van der Waals surface area contributed by atoms with Crippen molar-refractivity contribution in [3.63, 3.8) is 0 Å². The second-order valence-corrected chi connectivity index (χ2v) is 14.5. The first kappa shape index (κ1) is 35.4. The minimum absolute atomic E-state index is 0.0123. The highest BCUT2D eigenvalue weighted by atomic mass is 16.7. The molecule has 12 heteroatoms. The van der Waals surface area contributed by atoms with Gasteiger partial charge in [0, 0.05) is 12.8 Å². The van der Waals surface area contributed by atoms with Gasteiger partial charge < -0.3 is 35.3 Å². The van der Waals surface area contributed by atoms with Gasteiger partial charge in [0.1, 0.15) is 18.1 Å². The van der Waals surface area contributed by atoms with Crippen molar-refractivity contribution in [2.24, 2.45) is 23.2 Å². The molecule has 2 aromatic rings. The van der Waals surface area contributed by atoms with Gasteiger partial charge >= 0.3 is 13.2 Å². The van der Waals surface area contributed by atoms with Crippen LogP contribution in [0.3, 0.4) is 0 Å². The second kappa shape index (κ2) is 14.7. The van der Waals surface area contributed by atoms with E-state index in [1.54, 1.807) is 13.8 Å². The number of hydrogen-bond donors (Lipinski definition) is 4. The van der Waals surface area contributed by atoms with Crippen LogP contribution in [-0.4, -0.2) is 74.3 Å². The Morgan fingerprint density at radius 1 is 0.833 bits per heavy atom. The Balaban J connectivity index is 1.29. The molecule has 11 nitrogen and oxygen atoms in total. The molecular weight excluding hydrogens is 611 g/mol. The molecule has 0 radical (unpaired) electrons. The number of benzene rings is 2. The van der Waals surface area contributed by atoms with E-state index >= 15 is 0 Å². The predicted octanol–water partition coefficient (Wildman–Crippen LogP) is 3.21. The van der Waals surface area contributed by atoms with Crippen LogP contribution in [0.15, 0.2) is 60.7 Å². The molecule has 1 heterocycles. The molecule has 4 fully saturated rings. The molecule has 4 N–H and O–H groups in total. The predicted molar refractivity (Wildman–Crippen MR) is 181 cm³/mol. The Hall–Kier alpha value is -3.90. The SMILES string of the molecule is COC(=O)N[C@H](C(=O)N[C@@H](Cc1ccccc1)C(=O)N[C@@H](Cc1ccccc1)C(=O)NCB1O[C@@H]2C[C@@H]3C[C@@H](C3(C)C)[C@]2(C)O1)C(C)C. The van der Waals surface area contributed by atoms with E-state index in [-0.39, 0.29) is 42.6 Å². The summed E-state index contributed by atoms with van der Waals surface area (Å²) in [5.74, 6) is -0.737. The average molecular weight is 661 g/mol. The van der Waals surface area contributed by atoms with Crippen LogP contribution in [0.2, 0.25) is 0 Å². The summed E-state index contributed by atoms with van der Waals surface area (Å²) in [7, 11) is 0.628. The highest BCUT2D eigenvalue weighted by Crippen LogP contribution is 2.65. The lowest BCUT2D eigenvalue weighted by atomic mass is 9.43. The van der Waals surface area contributed by atoms with Gasteiger partial charge in [-0.1, -0.05) is 88.4 Å². The van der Waals surface area contributed by atoms with Gasteiger partial charge in [-0.2, -0.15) is 0 Å². The van der Waals surface area contributed by atoms with Gasteiger partial charge in [0.25, 0.3) is 0 Å². The van der Waals surface area contributed by atoms with Gasteiger partial charge in [0.05, 0.1) is 25.3 Å². The number of hydrogen-bond acceptors (Lipinski definition) is 7. The Labute approximate surface area is 283 Å². The topological polar surface area (TPSA) is 144 Å². The summed E-state index contributed by atoms with van der Waals surface area (Å²) in [6.07, 6.45) is 1.85. The summed E-state index contributed by atoms with van der Waals surface area (Å²) in [4.78, 5) is 53.2. The molecule has 1 aliphatic heterocycles. The summed E-state index contributed by atoms with van der Waals surface area (Å²) < 4.78 is 17.5. The summed E-state index contributed by atoms with van der Waals surface area (Å²) in [5.41, 5.74) is 1.48. The van der Waals surface area contributed by atoms with Crippen molar-refractivity contribution in [1.82, 2.24) is 21.3 Å². The molecule has 0 unspecified atom stereocenters. The van der Waals surface area contributed by atoms with E-state index in [1.165, 1.54) is 7.11 Å². The first-order valence-corrected chi connectivity index (χ1v) is 17.0. The fourth-order valence-electron chi connectivity index (χ4n) is 7.72.